The Balaban J connectivity index is 2.10. The molecule has 0 aliphatic carbocycles. The van der Waals surface area contributed by atoms with Crippen LogP contribution in [0.3, 0.4) is 0 Å². The minimum absolute atomic E-state index is 0.293. The summed E-state index contributed by atoms with van der Waals surface area (Å²) < 4.78 is 0. The molecule has 0 aromatic heterocycles. The second kappa shape index (κ2) is 4.31. The van der Waals surface area contributed by atoms with Crippen molar-refractivity contribution < 1.29 is 9.78 Å². The van der Waals surface area contributed by atoms with E-state index in [2.05, 4.69) is 30.4 Å². The summed E-state index contributed by atoms with van der Waals surface area (Å²) in [6.07, 6.45) is 1.70. The summed E-state index contributed by atoms with van der Waals surface area (Å²) in [4.78, 5) is 11.2. The molecule has 1 unspecified atom stereocenters. The van der Waals surface area contributed by atoms with Crippen LogP contribution in [0, 0.1) is 0 Å². The first-order chi connectivity index (χ1) is 7.94. The molecule has 1 heterocycles. The summed E-state index contributed by atoms with van der Waals surface area (Å²) >= 11 is 0. The molecule has 0 bridgehead atoms. The van der Waals surface area contributed by atoms with Gasteiger partial charge in [0.2, 0.25) is 0 Å². The summed E-state index contributed by atoms with van der Waals surface area (Å²) in [5, 5.41) is 3.42. The van der Waals surface area contributed by atoms with Crippen LogP contribution in [-0.4, -0.2) is 11.3 Å². The zero-order chi connectivity index (χ0) is 12.5. The molecule has 0 spiro atoms. The Bertz CT molecular complexity index is 370. The van der Waals surface area contributed by atoms with E-state index in [9.17, 15) is 0 Å². The minimum Gasteiger partial charge on any atom is -0.355 e. The zero-order valence-electron chi connectivity index (χ0n) is 11.0. The third-order valence-corrected chi connectivity index (χ3v) is 2.88. The molecular formula is C14H21NO2. The molecule has 0 radical (unpaired) electrons. The quantitative estimate of drug-likeness (QED) is 0.642. The van der Waals surface area contributed by atoms with Crippen LogP contribution in [0.1, 0.15) is 39.7 Å². The number of hydrogen-bond acceptors (Lipinski definition) is 3. The van der Waals surface area contributed by atoms with Gasteiger partial charge in [-0.2, -0.15) is 0 Å². The van der Waals surface area contributed by atoms with Gasteiger partial charge in [0.1, 0.15) is 0 Å². The molecule has 3 nitrogen and oxygen atoms in total. The van der Waals surface area contributed by atoms with Gasteiger partial charge in [-0.25, -0.2) is 9.78 Å². The summed E-state index contributed by atoms with van der Waals surface area (Å²) in [6, 6.07) is 8.28. The molecule has 3 heteroatoms. The lowest BCUT2D eigenvalue weighted by atomic mass is 10.1. The van der Waals surface area contributed by atoms with Gasteiger partial charge in [0.15, 0.2) is 5.72 Å². The normalized spacial score (nSPS) is 23.3. The highest BCUT2D eigenvalue weighted by Gasteiger charge is 2.38. The number of rotatable bonds is 3. The van der Waals surface area contributed by atoms with Crippen LogP contribution < -0.4 is 5.32 Å². The maximum absolute atomic E-state index is 5.68. The monoisotopic (exact) mass is 235 g/mol. The summed E-state index contributed by atoms with van der Waals surface area (Å²) in [5.74, 6) is 0. The molecule has 1 N–H and O–H groups in total. The number of para-hydroxylation sites is 1. The van der Waals surface area contributed by atoms with Crippen LogP contribution in [0.25, 0.3) is 0 Å². The van der Waals surface area contributed by atoms with Crippen LogP contribution in [-0.2, 0) is 16.2 Å². The average molecular weight is 235 g/mol. The Morgan fingerprint density at radius 3 is 2.59 bits per heavy atom. The highest BCUT2D eigenvalue weighted by atomic mass is 17.2. The van der Waals surface area contributed by atoms with Crippen molar-refractivity contribution in [1.82, 2.24) is 0 Å². The Hall–Kier alpha value is -1.06. The predicted molar refractivity (Wildman–Crippen MR) is 68.7 cm³/mol. The third-order valence-electron chi connectivity index (χ3n) is 2.88. The Kier molecular flexibility index (Phi) is 3.15. The largest absolute Gasteiger partial charge is 0.355 e. The highest BCUT2D eigenvalue weighted by Crippen LogP contribution is 2.36. The van der Waals surface area contributed by atoms with Crippen molar-refractivity contribution in [2.75, 3.05) is 5.32 Å². The fourth-order valence-electron chi connectivity index (χ4n) is 1.92. The molecule has 0 saturated carbocycles. The van der Waals surface area contributed by atoms with Gasteiger partial charge in [-0.1, -0.05) is 25.1 Å². The van der Waals surface area contributed by atoms with Crippen molar-refractivity contribution in [2.45, 2.75) is 51.9 Å². The fourth-order valence-corrected chi connectivity index (χ4v) is 1.92. The third kappa shape index (κ3) is 2.79. The molecule has 0 amide bonds. The standard InChI is InChI=1S/C14H21NO2/c1-5-14(17-16-13(2,3)4)10-11-8-6-7-9-12(11)15-14/h6-9,15H,5,10H2,1-4H3. The van der Waals surface area contributed by atoms with Gasteiger partial charge in [-0.15, -0.1) is 0 Å². The molecule has 0 saturated heterocycles. The second-order valence-electron chi connectivity index (χ2n) is 5.59. The van der Waals surface area contributed by atoms with Gasteiger partial charge in [0, 0.05) is 12.1 Å². The number of anilines is 1. The maximum atomic E-state index is 5.68. The molecule has 1 aliphatic heterocycles. The van der Waals surface area contributed by atoms with E-state index in [1.807, 2.05) is 26.8 Å². The lowest BCUT2D eigenvalue weighted by Crippen LogP contribution is -2.41. The topological polar surface area (TPSA) is 30.5 Å². The van der Waals surface area contributed by atoms with Gasteiger partial charge in [-0.05, 0) is 38.8 Å². The van der Waals surface area contributed by atoms with Gasteiger partial charge < -0.3 is 5.32 Å². The van der Waals surface area contributed by atoms with Gasteiger partial charge >= 0.3 is 0 Å². The molecule has 0 fully saturated rings. The highest BCUT2D eigenvalue weighted by molar-refractivity contribution is 5.57. The summed E-state index contributed by atoms with van der Waals surface area (Å²) in [5.41, 5.74) is 1.72. The van der Waals surface area contributed by atoms with E-state index in [1.165, 1.54) is 5.56 Å². The van der Waals surface area contributed by atoms with Crippen molar-refractivity contribution >= 4 is 5.69 Å². The number of hydrogen-bond donors (Lipinski definition) is 1. The number of benzene rings is 1. The van der Waals surface area contributed by atoms with E-state index in [0.717, 1.165) is 18.5 Å². The summed E-state index contributed by atoms with van der Waals surface area (Å²) in [7, 11) is 0. The van der Waals surface area contributed by atoms with Crippen LogP contribution >= 0.6 is 0 Å². The van der Waals surface area contributed by atoms with E-state index >= 15 is 0 Å². The predicted octanol–water partition coefficient (Wildman–Crippen LogP) is 3.51. The number of nitrogens with one attached hydrogen (secondary N) is 1. The molecule has 1 aromatic rings. The molecule has 2 rings (SSSR count). The van der Waals surface area contributed by atoms with E-state index in [-0.39, 0.29) is 5.60 Å². The van der Waals surface area contributed by atoms with Crippen molar-refractivity contribution in [3.63, 3.8) is 0 Å². The first-order valence-corrected chi connectivity index (χ1v) is 6.17. The smallest absolute Gasteiger partial charge is 0.176 e. The SMILES string of the molecule is CCC1(OOC(C)(C)C)Cc2ccccc2N1. The van der Waals surface area contributed by atoms with E-state index in [0.29, 0.717) is 0 Å². The average Bonchev–Trinajstić information content (AvgIpc) is 2.65. The molecule has 17 heavy (non-hydrogen) atoms. The van der Waals surface area contributed by atoms with Gasteiger partial charge in [0.05, 0.1) is 5.60 Å². The molecular weight excluding hydrogens is 214 g/mol. The Morgan fingerprint density at radius 1 is 1.29 bits per heavy atom. The first kappa shape index (κ1) is 12.4. The van der Waals surface area contributed by atoms with Crippen molar-refractivity contribution in [2.24, 2.45) is 0 Å². The molecule has 94 valence electrons. The summed E-state index contributed by atoms with van der Waals surface area (Å²) in [6.45, 7) is 8.06. The van der Waals surface area contributed by atoms with Crippen LogP contribution in [0.4, 0.5) is 5.69 Å². The van der Waals surface area contributed by atoms with Gasteiger partial charge in [0.25, 0.3) is 0 Å². The zero-order valence-corrected chi connectivity index (χ0v) is 11.0. The molecule has 1 aliphatic rings. The Labute approximate surface area is 103 Å². The number of fused-ring (bicyclic) bond motifs is 1. The molecule has 1 aromatic carbocycles. The Morgan fingerprint density at radius 2 is 2.00 bits per heavy atom. The van der Waals surface area contributed by atoms with Crippen LogP contribution in [0.5, 0.6) is 0 Å². The van der Waals surface area contributed by atoms with Gasteiger partial charge in [-0.3, -0.25) is 0 Å². The second-order valence-corrected chi connectivity index (χ2v) is 5.59. The van der Waals surface area contributed by atoms with Crippen molar-refractivity contribution in [1.29, 1.82) is 0 Å². The van der Waals surface area contributed by atoms with Crippen LogP contribution in [0.15, 0.2) is 24.3 Å². The minimum atomic E-state index is -0.420. The van der Waals surface area contributed by atoms with E-state index in [4.69, 9.17) is 9.78 Å². The maximum Gasteiger partial charge on any atom is 0.176 e. The lowest BCUT2D eigenvalue weighted by Gasteiger charge is -2.31. The molecule has 1 atom stereocenters. The van der Waals surface area contributed by atoms with E-state index in [1.54, 1.807) is 0 Å². The lowest BCUT2D eigenvalue weighted by molar-refractivity contribution is -0.397. The fraction of sp³-hybridized carbons (Fsp3) is 0.571. The van der Waals surface area contributed by atoms with E-state index < -0.39 is 5.72 Å². The first-order valence-electron chi connectivity index (χ1n) is 6.17. The van der Waals surface area contributed by atoms with Crippen molar-refractivity contribution in [3.05, 3.63) is 29.8 Å². The van der Waals surface area contributed by atoms with Crippen molar-refractivity contribution in [3.8, 4) is 0 Å². The van der Waals surface area contributed by atoms with Crippen LogP contribution in [0.2, 0.25) is 0 Å².